The Bertz CT molecular complexity index is 550. The van der Waals surface area contributed by atoms with Crippen molar-refractivity contribution in [2.45, 2.75) is 13.8 Å². The van der Waals surface area contributed by atoms with E-state index in [9.17, 15) is 9.18 Å². The zero-order chi connectivity index (χ0) is 12.4. The monoisotopic (exact) mass is 251 g/mol. The number of nitrogens with zero attached hydrogens (tertiary/aromatic N) is 2. The van der Waals surface area contributed by atoms with E-state index in [1.165, 1.54) is 30.5 Å². The highest BCUT2D eigenvalue weighted by Crippen LogP contribution is 2.32. The number of hydrogen-bond donors (Lipinski definition) is 1. The van der Waals surface area contributed by atoms with Crippen LogP contribution in [0.15, 0.2) is 18.3 Å². The Morgan fingerprint density at radius 2 is 2.24 bits per heavy atom. The summed E-state index contributed by atoms with van der Waals surface area (Å²) in [7, 11) is 0. The van der Waals surface area contributed by atoms with E-state index in [2.05, 4.69) is 15.3 Å². The third kappa shape index (κ3) is 2.65. The van der Waals surface area contributed by atoms with Gasteiger partial charge >= 0.3 is 0 Å². The molecule has 0 spiro atoms. The maximum atomic E-state index is 12.7. The molecule has 2 rings (SSSR count). The summed E-state index contributed by atoms with van der Waals surface area (Å²) in [4.78, 5) is 19.6. The van der Waals surface area contributed by atoms with Gasteiger partial charge in [0.1, 0.15) is 0 Å². The van der Waals surface area contributed by atoms with E-state index >= 15 is 0 Å². The number of amides is 1. The molecule has 0 aliphatic carbocycles. The average Bonchev–Trinajstić information content (AvgIpc) is 2.59. The molecule has 0 aliphatic heterocycles. The van der Waals surface area contributed by atoms with Crippen molar-refractivity contribution in [3.05, 3.63) is 30.0 Å². The summed E-state index contributed by atoms with van der Waals surface area (Å²) >= 11 is 1.34. The van der Waals surface area contributed by atoms with Crippen LogP contribution in [0.5, 0.6) is 0 Å². The average molecular weight is 251 g/mol. The van der Waals surface area contributed by atoms with Gasteiger partial charge in [-0.25, -0.2) is 9.97 Å². The fourth-order valence-electron chi connectivity index (χ4n) is 1.38. The third-order valence-electron chi connectivity index (χ3n) is 2.07. The minimum Gasteiger partial charge on any atom is -0.302 e. The van der Waals surface area contributed by atoms with Gasteiger partial charge in [-0.1, -0.05) is 11.3 Å². The van der Waals surface area contributed by atoms with Gasteiger partial charge in [-0.2, -0.15) is 4.39 Å². The van der Waals surface area contributed by atoms with Crippen molar-refractivity contribution in [1.82, 2.24) is 9.97 Å². The minimum absolute atomic E-state index is 0.164. The van der Waals surface area contributed by atoms with Crippen LogP contribution in [0.3, 0.4) is 0 Å². The molecule has 1 N–H and O–H groups in total. The molecular weight excluding hydrogens is 241 g/mol. The van der Waals surface area contributed by atoms with Crippen LogP contribution in [-0.2, 0) is 4.79 Å². The number of carbonyl (C=O) groups excluding carboxylic acids is 1. The molecule has 0 saturated heterocycles. The van der Waals surface area contributed by atoms with Crippen LogP contribution in [0.1, 0.15) is 12.6 Å². The van der Waals surface area contributed by atoms with Crippen molar-refractivity contribution < 1.29 is 9.18 Å². The molecule has 88 valence electrons. The molecule has 4 nitrogen and oxygen atoms in total. The molecule has 1 amide bonds. The molecule has 2 aromatic heterocycles. The second-order valence-corrected chi connectivity index (χ2v) is 4.48. The molecule has 0 fully saturated rings. The van der Waals surface area contributed by atoms with Gasteiger partial charge < -0.3 is 5.32 Å². The van der Waals surface area contributed by atoms with Crippen molar-refractivity contribution in [3.63, 3.8) is 0 Å². The number of aromatic nitrogens is 2. The normalized spacial score (nSPS) is 10.3. The molecule has 17 heavy (non-hydrogen) atoms. The van der Waals surface area contributed by atoms with Crippen LogP contribution in [0.25, 0.3) is 10.4 Å². The number of halogens is 1. The van der Waals surface area contributed by atoms with Gasteiger partial charge in [0.05, 0.1) is 10.6 Å². The lowest BCUT2D eigenvalue weighted by Crippen LogP contribution is -2.04. The van der Waals surface area contributed by atoms with E-state index in [1.807, 2.05) is 6.92 Å². The Hall–Kier alpha value is -1.82. The molecule has 0 radical (unpaired) electrons. The summed E-state index contributed by atoms with van der Waals surface area (Å²) in [5.74, 6) is -0.680. The lowest BCUT2D eigenvalue weighted by atomic mass is 10.2. The van der Waals surface area contributed by atoms with Crippen LogP contribution >= 0.6 is 11.3 Å². The maximum absolute atomic E-state index is 12.7. The molecule has 6 heteroatoms. The zero-order valence-electron chi connectivity index (χ0n) is 9.32. The van der Waals surface area contributed by atoms with Crippen molar-refractivity contribution in [2.24, 2.45) is 0 Å². The second kappa shape index (κ2) is 4.58. The molecule has 0 aliphatic rings. The van der Waals surface area contributed by atoms with E-state index in [4.69, 9.17) is 0 Å². The number of anilines is 1. The van der Waals surface area contributed by atoms with Gasteiger partial charge in [-0.15, -0.1) is 0 Å². The molecule has 2 aromatic rings. The summed E-state index contributed by atoms with van der Waals surface area (Å²) in [5.41, 5.74) is 1.57. The number of aryl methyl sites for hydroxylation is 1. The van der Waals surface area contributed by atoms with E-state index in [1.54, 1.807) is 6.07 Å². The highest BCUT2D eigenvalue weighted by molar-refractivity contribution is 7.19. The Balaban J connectivity index is 2.35. The van der Waals surface area contributed by atoms with Crippen molar-refractivity contribution in [1.29, 1.82) is 0 Å². The standard InChI is InChI=1S/C11H10FN3OS/c1-6-10(8-3-4-9(12)13-5-8)17-11(14-6)15-7(2)16/h3-5H,1-2H3,(H,14,15,16). The predicted molar refractivity (Wildman–Crippen MR) is 64.3 cm³/mol. The topological polar surface area (TPSA) is 54.9 Å². The van der Waals surface area contributed by atoms with Crippen LogP contribution < -0.4 is 5.32 Å². The van der Waals surface area contributed by atoms with E-state index in [0.29, 0.717) is 5.13 Å². The maximum Gasteiger partial charge on any atom is 0.223 e. The fraction of sp³-hybridized carbons (Fsp3) is 0.182. The summed E-state index contributed by atoms with van der Waals surface area (Å²) in [5, 5.41) is 3.16. The number of nitrogens with one attached hydrogen (secondary N) is 1. The van der Waals surface area contributed by atoms with Gasteiger partial charge in [0.15, 0.2) is 5.13 Å². The molecule has 0 atom stereocenters. The summed E-state index contributed by atoms with van der Waals surface area (Å²) in [6.45, 7) is 3.26. The Kier molecular flexibility index (Phi) is 3.14. The van der Waals surface area contributed by atoms with E-state index < -0.39 is 5.95 Å². The Labute approximate surface area is 102 Å². The van der Waals surface area contributed by atoms with Crippen molar-refractivity contribution >= 4 is 22.4 Å². The first kappa shape index (κ1) is 11.7. The first-order chi connectivity index (χ1) is 8.06. The summed E-state index contributed by atoms with van der Waals surface area (Å²) < 4.78 is 12.7. The van der Waals surface area contributed by atoms with E-state index in [-0.39, 0.29) is 5.91 Å². The summed E-state index contributed by atoms with van der Waals surface area (Å²) in [6, 6.07) is 2.94. The molecule has 2 heterocycles. The SMILES string of the molecule is CC(=O)Nc1nc(C)c(-c2ccc(F)nc2)s1. The third-order valence-corrected chi connectivity index (χ3v) is 3.19. The van der Waals surface area contributed by atoms with Gasteiger partial charge in [0, 0.05) is 18.7 Å². The number of carbonyl (C=O) groups is 1. The first-order valence-electron chi connectivity index (χ1n) is 4.93. The fourth-order valence-corrected chi connectivity index (χ4v) is 2.38. The number of hydrogen-bond acceptors (Lipinski definition) is 4. The van der Waals surface area contributed by atoms with Gasteiger partial charge in [-0.05, 0) is 19.1 Å². The highest BCUT2D eigenvalue weighted by Gasteiger charge is 2.10. The first-order valence-corrected chi connectivity index (χ1v) is 5.75. The molecular formula is C11H10FN3OS. The predicted octanol–water partition coefficient (Wildman–Crippen LogP) is 2.61. The minimum atomic E-state index is -0.516. The van der Waals surface area contributed by atoms with Crippen LogP contribution in [0.4, 0.5) is 9.52 Å². The van der Waals surface area contributed by atoms with Crippen LogP contribution in [0, 0.1) is 12.9 Å². The van der Waals surface area contributed by atoms with Crippen molar-refractivity contribution in [3.8, 4) is 10.4 Å². The van der Waals surface area contributed by atoms with Crippen molar-refractivity contribution in [2.75, 3.05) is 5.32 Å². The molecule has 0 bridgehead atoms. The second-order valence-electron chi connectivity index (χ2n) is 3.48. The van der Waals surface area contributed by atoms with Gasteiger partial charge in [0.25, 0.3) is 0 Å². The Morgan fingerprint density at radius 3 is 2.82 bits per heavy atom. The number of thiazole rings is 1. The largest absolute Gasteiger partial charge is 0.302 e. The Morgan fingerprint density at radius 1 is 1.47 bits per heavy atom. The lowest BCUT2D eigenvalue weighted by molar-refractivity contribution is -0.114. The van der Waals surface area contributed by atoms with Gasteiger partial charge in [0.2, 0.25) is 11.9 Å². The summed E-state index contributed by atoms with van der Waals surface area (Å²) in [6.07, 6.45) is 1.45. The molecule has 0 unspecified atom stereocenters. The van der Waals surface area contributed by atoms with E-state index in [0.717, 1.165) is 16.1 Å². The van der Waals surface area contributed by atoms with Crippen LogP contribution in [-0.4, -0.2) is 15.9 Å². The molecule has 0 aromatic carbocycles. The molecule has 0 saturated carbocycles. The zero-order valence-corrected chi connectivity index (χ0v) is 10.1. The lowest BCUT2D eigenvalue weighted by Gasteiger charge is -1.96. The van der Waals surface area contributed by atoms with Crippen LogP contribution in [0.2, 0.25) is 0 Å². The number of pyridine rings is 1. The number of rotatable bonds is 2. The highest BCUT2D eigenvalue weighted by atomic mass is 32.1. The van der Waals surface area contributed by atoms with Gasteiger partial charge in [-0.3, -0.25) is 4.79 Å². The smallest absolute Gasteiger partial charge is 0.223 e. The quantitative estimate of drug-likeness (QED) is 0.835.